The van der Waals surface area contributed by atoms with Crippen LogP contribution < -0.4 is 0 Å². The molecule has 0 fully saturated rings. The number of benzene rings is 1. The molecule has 0 saturated carbocycles. The number of halogens is 1. The zero-order valence-electron chi connectivity index (χ0n) is 7.68. The Morgan fingerprint density at radius 1 is 1.47 bits per heavy atom. The third kappa shape index (κ3) is 2.70. The molecular formula is C10H7BrN2OS. The van der Waals surface area contributed by atoms with Gasteiger partial charge in [0, 0.05) is 16.3 Å². The van der Waals surface area contributed by atoms with Gasteiger partial charge in [-0.05, 0) is 29.2 Å². The highest BCUT2D eigenvalue weighted by molar-refractivity contribution is 9.10. The molecule has 76 valence electrons. The number of rotatable bonds is 3. The van der Waals surface area contributed by atoms with Crippen molar-refractivity contribution in [2.45, 2.75) is 6.42 Å². The summed E-state index contributed by atoms with van der Waals surface area (Å²) in [4.78, 5) is 11.7. The summed E-state index contributed by atoms with van der Waals surface area (Å²) in [5, 5.41) is 5.41. The molecule has 0 aliphatic rings. The van der Waals surface area contributed by atoms with Crippen LogP contribution >= 0.6 is 27.5 Å². The van der Waals surface area contributed by atoms with Crippen LogP contribution in [0.4, 0.5) is 0 Å². The smallest absolute Gasteiger partial charge is 0.188 e. The molecule has 0 aliphatic carbocycles. The fourth-order valence-corrected chi connectivity index (χ4v) is 2.12. The lowest BCUT2D eigenvalue weighted by Crippen LogP contribution is -2.03. The highest BCUT2D eigenvalue weighted by Crippen LogP contribution is 2.13. The van der Waals surface area contributed by atoms with E-state index in [2.05, 4.69) is 25.5 Å². The van der Waals surface area contributed by atoms with E-state index in [1.807, 2.05) is 24.3 Å². The molecule has 1 aromatic heterocycles. The Balaban J connectivity index is 2.13. The fourth-order valence-electron chi connectivity index (χ4n) is 1.21. The van der Waals surface area contributed by atoms with E-state index in [9.17, 15) is 4.79 Å². The molecule has 1 aromatic carbocycles. The van der Waals surface area contributed by atoms with Gasteiger partial charge < -0.3 is 0 Å². The van der Waals surface area contributed by atoms with Crippen molar-refractivity contribution in [3.63, 3.8) is 0 Å². The lowest BCUT2D eigenvalue weighted by molar-refractivity contribution is 0.0988. The molecule has 0 radical (unpaired) electrons. The van der Waals surface area contributed by atoms with Crippen molar-refractivity contribution in [2.75, 3.05) is 0 Å². The van der Waals surface area contributed by atoms with E-state index in [4.69, 9.17) is 0 Å². The van der Waals surface area contributed by atoms with Gasteiger partial charge in [-0.25, -0.2) is 0 Å². The molecule has 0 atom stereocenters. The maximum atomic E-state index is 11.7. The van der Waals surface area contributed by atoms with Gasteiger partial charge in [-0.2, -0.15) is 0 Å². The monoisotopic (exact) mass is 282 g/mol. The van der Waals surface area contributed by atoms with Gasteiger partial charge >= 0.3 is 0 Å². The summed E-state index contributed by atoms with van der Waals surface area (Å²) in [6.07, 6.45) is 0.366. The second-order valence-electron chi connectivity index (χ2n) is 3.02. The number of hydrogen-bond donors (Lipinski definition) is 0. The molecule has 1 heterocycles. The molecule has 5 heteroatoms. The number of hydrogen-bond acceptors (Lipinski definition) is 4. The fraction of sp³-hybridized carbons (Fsp3) is 0.100. The summed E-state index contributed by atoms with van der Waals surface area (Å²) in [5.74, 6) is 0.00171. The summed E-state index contributed by atoms with van der Waals surface area (Å²) in [6.45, 7) is 0. The SMILES string of the molecule is O=C(Cc1cccc(Br)c1)c1csnn1. The topological polar surface area (TPSA) is 42.9 Å². The second kappa shape index (κ2) is 4.63. The van der Waals surface area contributed by atoms with Gasteiger partial charge in [0.1, 0.15) is 5.69 Å². The van der Waals surface area contributed by atoms with Gasteiger partial charge in [0.2, 0.25) is 0 Å². The largest absolute Gasteiger partial charge is 0.292 e. The van der Waals surface area contributed by atoms with E-state index in [-0.39, 0.29) is 5.78 Å². The van der Waals surface area contributed by atoms with Crippen molar-refractivity contribution in [3.8, 4) is 0 Å². The van der Waals surface area contributed by atoms with E-state index < -0.39 is 0 Å². The molecule has 3 nitrogen and oxygen atoms in total. The van der Waals surface area contributed by atoms with Crippen molar-refractivity contribution in [3.05, 3.63) is 45.4 Å². The molecule has 2 aromatic rings. The van der Waals surface area contributed by atoms with E-state index in [1.54, 1.807) is 5.38 Å². The van der Waals surface area contributed by atoms with Gasteiger partial charge in [0.25, 0.3) is 0 Å². The van der Waals surface area contributed by atoms with Gasteiger partial charge in [0.05, 0.1) is 0 Å². The average molecular weight is 283 g/mol. The minimum absolute atomic E-state index is 0.00171. The molecule has 0 amide bonds. The van der Waals surface area contributed by atoms with Crippen LogP contribution in [-0.4, -0.2) is 15.4 Å². The third-order valence-electron chi connectivity index (χ3n) is 1.90. The van der Waals surface area contributed by atoms with E-state index in [0.29, 0.717) is 12.1 Å². The maximum Gasteiger partial charge on any atom is 0.188 e. The van der Waals surface area contributed by atoms with Gasteiger partial charge in [-0.1, -0.05) is 32.6 Å². The summed E-state index contributed by atoms with van der Waals surface area (Å²) in [5.41, 5.74) is 1.42. The first-order valence-corrected chi connectivity index (χ1v) is 5.93. The maximum absolute atomic E-state index is 11.7. The zero-order chi connectivity index (χ0) is 10.7. The van der Waals surface area contributed by atoms with Crippen LogP contribution in [0.2, 0.25) is 0 Å². The minimum Gasteiger partial charge on any atom is -0.292 e. The molecule has 0 spiro atoms. The van der Waals surface area contributed by atoms with Crippen molar-refractivity contribution in [1.29, 1.82) is 0 Å². The molecule has 15 heavy (non-hydrogen) atoms. The Morgan fingerprint density at radius 3 is 3.00 bits per heavy atom. The quantitative estimate of drug-likeness (QED) is 0.813. The van der Waals surface area contributed by atoms with Crippen LogP contribution in [0.5, 0.6) is 0 Å². The number of carbonyl (C=O) groups is 1. The van der Waals surface area contributed by atoms with Crippen LogP contribution in [0.15, 0.2) is 34.1 Å². The summed E-state index contributed by atoms with van der Waals surface area (Å²) in [7, 11) is 0. The lowest BCUT2D eigenvalue weighted by Gasteiger charge is -1.98. The summed E-state index contributed by atoms with van der Waals surface area (Å²) >= 11 is 4.55. The normalized spacial score (nSPS) is 10.2. The standard InChI is InChI=1S/C10H7BrN2OS/c11-8-3-1-2-7(4-8)5-10(14)9-6-15-13-12-9/h1-4,6H,5H2. The van der Waals surface area contributed by atoms with E-state index in [0.717, 1.165) is 10.0 Å². The lowest BCUT2D eigenvalue weighted by atomic mass is 10.1. The van der Waals surface area contributed by atoms with Crippen molar-refractivity contribution >= 4 is 33.2 Å². The molecule has 0 unspecified atom stereocenters. The second-order valence-corrected chi connectivity index (χ2v) is 4.55. The highest BCUT2D eigenvalue weighted by Gasteiger charge is 2.09. The van der Waals surface area contributed by atoms with Crippen LogP contribution in [0, 0.1) is 0 Å². The van der Waals surface area contributed by atoms with Crippen molar-refractivity contribution < 1.29 is 4.79 Å². The van der Waals surface area contributed by atoms with Crippen molar-refractivity contribution in [2.24, 2.45) is 0 Å². The number of ketones is 1. The van der Waals surface area contributed by atoms with Gasteiger partial charge in [-0.15, -0.1) is 5.10 Å². The van der Waals surface area contributed by atoms with E-state index in [1.165, 1.54) is 11.5 Å². The molecule has 0 saturated heterocycles. The zero-order valence-corrected chi connectivity index (χ0v) is 10.1. The number of aromatic nitrogens is 2. The minimum atomic E-state index is 0.00171. The summed E-state index contributed by atoms with van der Waals surface area (Å²) in [6, 6.07) is 7.69. The predicted molar refractivity (Wildman–Crippen MR) is 62.1 cm³/mol. The number of Topliss-reactive ketones (excluding diaryl/α,β-unsaturated/α-hetero) is 1. The molecular weight excluding hydrogens is 276 g/mol. The first-order chi connectivity index (χ1) is 7.25. The number of carbonyl (C=O) groups excluding carboxylic acids is 1. The van der Waals surface area contributed by atoms with Crippen LogP contribution in [0.25, 0.3) is 0 Å². The average Bonchev–Trinajstić information content (AvgIpc) is 2.70. The first kappa shape index (κ1) is 10.4. The third-order valence-corrected chi connectivity index (χ3v) is 2.90. The highest BCUT2D eigenvalue weighted by atomic mass is 79.9. The Bertz CT molecular complexity index is 470. The van der Waals surface area contributed by atoms with Gasteiger partial charge in [-0.3, -0.25) is 4.79 Å². The predicted octanol–water partition coefficient (Wildman–Crippen LogP) is 2.73. The number of nitrogens with zero attached hydrogens (tertiary/aromatic N) is 2. The van der Waals surface area contributed by atoms with Crippen LogP contribution in [0.1, 0.15) is 16.1 Å². The van der Waals surface area contributed by atoms with Gasteiger partial charge in [0.15, 0.2) is 5.78 Å². The molecule has 0 bridgehead atoms. The Morgan fingerprint density at radius 2 is 2.33 bits per heavy atom. The van der Waals surface area contributed by atoms with Crippen LogP contribution in [0.3, 0.4) is 0 Å². The first-order valence-electron chi connectivity index (χ1n) is 4.30. The molecule has 2 rings (SSSR count). The van der Waals surface area contributed by atoms with Crippen molar-refractivity contribution in [1.82, 2.24) is 9.59 Å². The summed E-state index contributed by atoms with van der Waals surface area (Å²) < 4.78 is 4.64. The Kier molecular flexibility index (Phi) is 3.23. The molecule has 0 aliphatic heterocycles. The van der Waals surface area contributed by atoms with Crippen LogP contribution in [-0.2, 0) is 6.42 Å². The Hall–Kier alpha value is -1.07. The van der Waals surface area contributed by atoms with E-state index >= 15 is 0 Å². The Labute approximate surface area is 99.4 Å². The molecule has 0 N–H and O–H groups in total.